The zero-order chi connectivity index (χ0) is 20.4. The number of thioether (sulfide) groups is 1. The van der Waals surface area contributed by atoms with Gasteiger partial charge in [0, 0.05) is 12.1 Å². The highest BCUT2D eigenvalue weighted by atomic mass is 32.2. The van der Waals surface area contributed by atoms with E-state index >= 15 is 0 Å². The van der Waals surface area contributed by atoms with E-state index in [-0.39, 0.29) is 28.1 Å². The number of ether oxygens (including phenoxy) is 1. The van der Waals surface area contributed by atoms with E-state index in [9.17, 15) is 23.2 Å². The van der Waals surface area contributed by atoms with Crippen LogP contribution in [-0.4, -0.2) is 34.7 Å². The van der Waals surface area contributed by atoms with E-state index in [1.165, 1.54) is 24.3 Å². The minimum absolute atomic E-state index is 0.0582. The van der Waals surface area contributed by atoms with Crippen molar-refractivity contribution in [2.45, 2.75) is 20.0 Å². The van der Waals surface area contributed by atoms with Gasteiger partial charge in [0.25, 0.3) is 11.1 Å². The highest BCUT2D eigenvalue weighted by molar-refractivity contribution is 8.18. The van der Waals surface area contributed by atoms with Crippen molar-refractivity contribution in [3.63, 3.8) is 0 Å². The van der Waals surface area contributed by atoms with Gasteiger partial charge in [0.05, 0.1) is 16.6 Å². The van der Waals surface area contributed by atoms with Crippen LogP contribution in [0.1, 0.15) is 19.6 Å². The maximum Gasteiger partial charge on any atom is 0.326 e. The Morgan fingerprint density at radius 3 is 2.68 bits per heavy atom. The first-order valence-electron chi connectivity index (χ1n) is 8.24. The van der Waals surface area contributed by atoms with E-state index in [4.69, 9.17) is 9.15 Å². The molecule has 0 spiro atoms. The van der Waals surface area contributed by atoms with Crippen molar-refractivity contribution in [2.24, 2.45) is 0 Å². The first kappa shape index (κ1) is 19.8. The van der Waals surface area contributed by atoms with Gasteiger partial charge in [-0.3, -0.25) is 19.3 Å². The molecule has 0 N–H and O–H groups in total. The number of hydrogen-bond acceptors (Lipinski definition) is 6. The van der Waals surface area contributed by atoms with Crippen molar-refractivity contribution in [3.05, 3.63) is 52.6 Å². The molecule has 3 rings (SSSR count). The zero-order valence-corrected chi connectivity index (χ0v) is 15.7. The maximum absolute atomic E-state index is 13.9. The fraction of sp³-hybridized carbons (Fsp3) is 0.211. The molecule has 0 unspecified atom stereocenters. The second-order valence-corrected chi connectivity index (χ2v) is 7.13. The third-order valence-electron chi connectivity index (χ3n) is 3.62. The second-order valence-electron chi connectivity index (χ2n) is 6.13. The molecule has 2 aromatic rings. The molecule has 0 bridgehead atoms. The highest BCUT2D eigenvalue weighted by Crippen LogP contribution is 2.33. The van der Waals surface area contributed by atoms with Crippen molar-refractivity contribution >= 4 is 35.0 Å². The molecule has 28 heavy (non-hydrogen) atoms. The molecule has 2 amide bonds. The minimum Gasteiger partial charge on any atom is -0.462 e. The van der Waals surface area contributed by atoms with Crippen molar-refractivity contribution in [2.75, 3.05) is 6.54 Å². The quantitative estimate of drug-likeness (QED) is 0.546. The van der Waals surface area contributed by atoms with Crippen molar-refractivity contribution in [3.8, 4) is 11.3 Å². The number of amides is 2. The molecule has 1 aliphatic heterocycles. The first-order valence-corrected chi connectivity index (χ1v) is 9.06. The fourth-order valence-corrected chi connectivity index (χ4v) is 3.28. The van der Waals surface area contributed by atoms with Crippen LogP contribution in [0.5, 0.6) is 0 Å². The summed E-state index contributed by atoms with van der Waals surface area (Å²) in [4.78, 5) is 36.9. The molecule has 1 aromatic heterocycles. The number of esters is 1. The smallest absolute Gasteiger partial charge is 0.326 e. The summed E-state index contributed by atoms with van der Waals surface area (Å²) in [6.45, 7) is 2.83. The number of halogens is 2. The van der Waals surface area contributed by atoms with Crippen LogP contribution in [0, 0.1) is 11.6 Å². The van der Waals surface area contributed by atoms with Gasteiger partial charge in [-0.2, -0.15) is 0 Å². The van der Waals surface area contributed by atoms with Crippen LogP contribution in [0.15, 0.2) is 39.7 Å². The summed E-state index contributed by atoms with van der Waals surface area (Å²) in [6, 6.07) is 6.02. The summed E-state index contributed by atoms with van der Waals surface area (Å²) in [7, 11) is 0. The number of benzene rings is 1. The van der Waals surface area contributed by atoms with Crippen molar-refractivity contribution in [1.82, 2.24) is 4.90 Å². The number of nitrogens with zero attached hydrogens (tertiary/aromatic N) is 1. The normalized spacial score (nSPS) is 15.8. The summed E-state index contributed by atoms with van der Waals surface area (Å²) in [6.07, 6.45) is 0.959. The predicted octanol–water partition coefficient (Wildman–Crippen LogP) is 4.21. The van der Waals surface area contributed by atoms with Crippen molar-refractivity contribution < 1.29 is 32.3 Å². The summed E-state index contributed by atoms with van der Waals surface area (Å²) in [5.74, 6) is -2.49. The van der Waals surface area contributed by atoms with Crippen LogP contribution in [-0.2, 0) is 14.3 Å². The molecule has 0 atom stereocenters. The Morgan fingerprint density at radius 2 is 2.00 bits per heavy atom. The van der Waals surface area contributed by atoms with E-state index in [2.05, 4.69) is 0 Å². The van der Waals surface area contributed by atoms with Crippen LogP contribution in [0.2, 0.25) is 0 Å². The van der Waals surface area contributed by atoms with Gasteiger partial charge < -0.3 is 9.15 Å². The van der Waals surface area contributed by atoms with Crippen LogP contribution in [0.4, 0.5) is 13.6 Å². The van der Waals surface area contributed by atoms with E-state index in [0.29, 0.717) is 11.8 Å². The maximum atomic E-state index is 13.9. The lowest BCUT2D eigenvalue weighted by Crippen LogP contribution is -2.35. The molecule has 6 nitrogen and oxygen atoms in total. The number of hydrogen-bond donors (Lipinski definition) is 0. The minimum atomic E-state index is -0.787. The predicted molar refractivity (Wildman–Crippen MR) is 98.0 cm³/mol. The van der Waals surface area contributed by atoms with Gasteiger partial charge in [0.15, 0.2) is 0 Å². The Kier molecular flexibility index (Phi) is 5.64. The molecular formula is C19H15F2NO5S. The Morgan fingerprint density at radius 1 is 1.25 bits per heavy atom. The SMILES string of the molecule is CC(C)OC(=O)CN1C(=O)S/C(=C/c2ccc(-c3ccc(F)cc3F)o2)C1=O. The lowest BCUT2D eigenvalue weighted by atomic mass is 10.1. The van der Waals surface area contributed by atoms with E-state index in [1.54, 1.807) is 13.8 Å². The largest absolute Gasteiger partial charge is 0.462 e. The summed E-state index contributed by atoms with van der Waals surface area (Å²) in [5.41, 5.74) is 0.0607. The molecule has 9 heteroatoms. The molecule has 1 saturated heterocycles. The van der Waals surface area contributed by atoms with Crippen LogP contribution in [0.3, 0.4) is 0 Å². The Bertz CT molecular complexity index is 982. The van der Waals surface area contributed by atoms with E-state index in [1.807, 2.05) is 0 Å². The van der Waals surface area contributed by atoms with Crippen LogP contribution < -0.4 is 0 Å². The van der Waals surface area contributed by atoms with Crippen LogP contribution in [0.25, 0.3) is 17.4 Å². The summed E-state index contributed by atoms with van der Waals surface area (Å²) < 4.78 is 37.3. The highest BCUT2D eigenvalue weighted by Gasteiger charge is 2.37. The molecule has 146 valence electrons. The lowest BCUT2D eigenvalue weighted by Gasteiger charge is -2.13. The van der Waals surface area contributed by atoms with Crippen molar-refractivity contribution in [1.29, 1.82) is 0 Å². The Labute approximate surface area is 163 Å². The molecule has 0 saturated carbocycles. The molecule has 0 radical (unpaired) electrons. The van der Waals surface area contributed by atoms with Crippen LogP contribution >= 0.6 is 11.8 Å². The standard InChI is InChI=1S/C19H15F2NO5S/c1-10(2)26-17(23)9-22-18(24)16(28-19(22)25)8-12-4-6-15(27-12)13-5-3-11(20)7-14(13)21/h3-8,10H,9H2,1-2H3/b16-8+. The third kappa shape index (κ3) is 4.30. The van der Waals surface area contributed by atoms with Gasteiger partial charge in [-0.05, 0) is 49.9 Å². The number of furan rings is 1. The van der Waals surface area contributed by atoms with E-state index < -0.39 is 35.3 Å². The van der Waals surface area contributed by atoms with E-state index in [0.717, 1.165) is 17.0 Å². The number of carbonyl (C=O) groups excluding carboxylic acids is 3. The van der Waals surface area contributed by atoms with Gasteiger partial charge in [-0.15, -0.1) is 0 Å². The second kappa shape index (κ2) is 7.97. The third-order valence-corrected chi connectivity index (χ3v) is 4.53. The number of rotatable bonds is 5. The molecular weight excluding hydrogens is 392 g/mol. The van der Waals surface area contributed by atoms with Gasteiger partial charge in [0.2, 0.25) is 0 Å². The van der Waals surface area contributed by atoms with Gasteiger partial charge >= 0.3 is 5.97 Å². The fourth-order valence-electron chi connectivity index (χ4n) is 2.46. The lowest BCUT2D eigenvalue weighted by molar-refractivity contribution is -0.149. The van der Waals surface area contributed by atoms with Gasteiger partial charge in [-0.1, -0.05) is 0 Å². The topological polar surface area (TPSA) is 76.8 Å². The summed E-state index contributed by atoms with van der Waals surface area (Å²) >= 11 is 0.655. The summed E-state index contributed by atoms with van der Waals surface area (Å²) in [5, 5.41) is -0.603. The monoisotopic (exact) mass is 407 g/mol. The number of carbonyl (C=O) groups is 3. The zero-order valence-electron chi connectivity index (χ0n) is 14.9. The Balaban J connectivity index is 1.77. The molecule has 1 aromatic carbocycles. The molecule has 0 aliphatic carbocycles. The average Bonchev–Trinajstić information content (AvgIpc) is 3.15. The molecule has 1 aliphatic rings. The number of imide groups is 1. The molecule has 1 fully saturated rings. The molecule has 2 heterocycles. The Hall–Kier alpha value is -2.94. The van der Waals surface area contributed by atoms with Gasteiger partial charge in [-0.25, -0.2) is 8.78 Å². The van der Waals surface area contributed by atoms with Gasteiger partial charge in [0.1, 0.15) is 29.7 Å². The average molecular weight is 407 g/mol. The first-order chi connectivity index (χ1) is 13.2.